The number of hydrogen-bond donors (Lipinski definition) is 1. The fraction of sp³-hybridized carbons (Fsp3) is 0.471. The van der Waals surface area contributed by atoms with Crippen molar-refractivity contribution >= 4 is 0 Å². The van der Waals surface area contributed by atoms with Gasteiger partial charge in [-0.15, -0.1) is 0 Å². The molecule has 1 N–H and O–H groups in total. The van der Waals surface area contributed by atoms with Gasteiger partial charge in [-0.1, -0.05) is 19.1 Å². The predicted molar refractivity (Wildman–Crippen MR) is 81.4 cm³/mol. The Bertz CT molecular complexity index is 620. The Labute approximate surface area is 125 Å². The van der Waals surface area contributed by atoms with Crippen molar-refractivity contribution in [3.05, 3.63) is 53.1 Å². The van der Waals surface area contributed by atoms with Crippen LogP contribution in [0, 0.1) is 11.7 Å². The molecule has 2 atom stereocenters. The fourth-order valence-corrected chi connectivity index (χ4v) is 3.19. The normalized spacial score (nSPS) is 21.3. The van der Waals surface area contributed by atoms with Gasteiger partial charge in [0.15, 0.2) is 0 Å². The van der Waals surface area contributed by atoms with Crippen LogP contribution >= 0.6 is 0 Å². The van der Waals surface area contributed by atoms with Crippen molar-refractivity contribution in [1.29, 1.82) is 0 Å². The molecule has 0 unspecified atom stereocenters. The number of fused-ring (bicyclic) bond motifs is 1. The number of aryl methyl sites for hydroxylation is 1. The standard InChI is InChI=1S/C17H22FN3/c1-3-21-11-13(10-20-21)9-19-17-12(2)7-8-14-15(17)5-4-6-16(14)18/h4-6,10-12,17,19H,3,7-9H2,1-2H3/t12-,17-/m1/s1. The van der Waals surface area contributed by atoms with E-state index in [2.05, 4.69) is 36.5 Å². The summed E-state index contributed by atoms with van der Waals surface area (Å²) in [7, 11) is 0. The van der Waals surface area contributed by atoms with E-state index in [9.17, 15) is 4.39 Å². The van der Waals surface area contributed by atoms with E-state index >= 15 is 0 Å². The highest BCUT2D eigenvalue weighted by molar-refractivity contribution is 5.34. The average molecular weight is 287 g/mol. The molecule has 0 saturated carbocycles. The summed E-state index contributed by atoms with van der Waals surface area (Å²) in [5, 5.41) is 7.88. The number of benzene rings is 1. The van der Waals surface area contributed by atoms with Gasteiger partial charge in [-0.25, -0.2) is 4.39 Å². The number of aromatic nitrogens is 2. The van der Waals surface area contributed by atoms with E-state index in [0.29, 0.717) is 5.92 Å². The smallest absolute Gasteiger partial charge is 0.126 e. The molecule has 4 heteroatoms. The summed E-state index contributed by atoms with van der Waals surface area (Å²) in [5.41, 5.74) is 3.18. The zero-order valence-electron chi connectivity index (χ0n) is 12.6. The van der Waals surface area contributed by atoms with Gasteiger partial charge in [0.2, 0.25) is 0 Å². The number of halogens is 1. The highest BCUT2D eigenvalue weighted by Crippen LogP contribution is 2.35. The van der Waals surface area contributed by atoms with Gasteiger partial charge in [0.25, 0.3) is 0 Å². The second-order valence-corrected chi connectivity index (χ2v) is 5.89. The van der Waals surface area contributed by atoms with E-state index in [4.69, 9.17) is 0 Å². The molecule has 0 amide bonds. The van der Waals surface area contributed by atoms with E-state index in [1.54, 1.807) is 6.07 Å². The van der Waals surface area contributed by atoms with Crippen molar-refractivity contribution < 1.29 is 4.39 Å². The second kappa shape index (κ2) is 5.98. The quantitative estimate of drug-likeness (QED) is 0.933. The van der Waals surface area contributed by atoms with Gasteiger partial charge in [0, 0.05) is 30.9 Å². The van der Waals surface area contributed by atoms with Crippen LogP contribution in [0.1, 0.15) is 43.0 Å². The van der Waals surface area contributed by atoms with Gasteiger partial charge in [-0.3, -0.25) is 4.68 Å². The Morgan fingerprint density at radius 3 is 3.05 bits per heavy atom. The van der Waals surface area contributed by atoms with Crippen LogP contribution in [-0.2, 0) is 19.5 Å². The molecular formula is C17H22FN3. The molecule has 0 spiro atoms. The highest BCUT2D eigenvalue weighted by Gasteiger charge is 2.27. The van der Waals surface area contributed by atoms with Crippen LogP contribution in [0.2, 0.25) is 0 Å². The molecule has 2 aromatic rings. The summed E-state index contributed by atoms with van der Waals surface area (Å²) in [4.78, 5) is 0. The van der Waals surface area contributed by atoms with E-state index in [0.717, 1.165) is 37.1 Å². The van der Waals surface area contributed by atoms with Crippen molar-refractivity contribution in [2.45, 2.75) is 45.8 Å². The monoisotopic (exact) mass is 287 g/mol. The van der Waals surface area contributed by atoms with Crippen LogP contribution in [0.3, 0.4) is 0 Å². The highest BCUT2D eigenvalue weighted by atomic mass is 19.1. The van der Waals surface area contributed by atoms with Crippen molar-refractivity contribution in [2.24, 2.45) is 5.92 Å². The number of rotatable bonds is 4. The van der Waals surface area contributed by atoms with E-state index in [-0.39, 0.29) is 11.9 Å². The third-order valence-corrected chi connectivity index (χ3v) is 4.45. The first-order chi connectivity index (χ1) is 10.2. The Balaban J connectivity index is 1.77. The fourth-order valence-electron chi connectivity index (χ4n) is 3.19. The first-order valence-corrected chi connectivity index (χ1v) is 7.71. The summed E-state index contributed by atoms with van der Waals surface area (Å²) in [5.74, 6) is 0.450. The first kappa shape index (κ1) is 14.3. The van der Waals surface area contributed by atoms with Crippen molar-refractivity contribution in [3.8, 4) is 0 Å². The molecule has 0 bridgehead atoms. The van der Waals surface area contributed by atoms with E-state index in [1.807, 2.05) is 16.9 Å². The molecule has 0 fully saturated rings. The predicted octanol–water partition coefficient (Wildman–Crippen LogP) is 3.46. The van der Waals surface area contributed by atoms with Gasteiger partial charge in [0.05, 0.1) is 6.20 Å². The molecule has 3 nitrogen and oxygen atoms in total. The van der Waals surface area contributed by atoms with Crippen LogP contribution in [-0.4, -0.2) is 9.78 Å². The summed E-state index contributed by atoms with van der Waals surface area (Å²) >= 11 is 0. The molecule has 0 aliphatic heterocycles. The zero-order valence-corrected chi connectivity index (χ0v) is 12.6. The minimum atomic E-state index is -0.0648. The second-order valence-electron chi connectivity index (χ2n) is 5.89. The summed E-state index contributed by atoms with van der Waals surface area (Å²) in [6.07, 6.45) is 5.83. The average Bonchev–Trinajstić information content (AvgIpc) is 2.94. The molecule has 1 aliphatic carbocycles. The summed E-state index contributed by atoms with van der Waals surface area (Å²) in [6.45, 7) is 5.96. The Morgan fingerprint density at radius 2 is 2.29 bits per heavy atom. The third kappa shape index (κ3) is 2.86. The van der Waals surface area contributed by atoms with Crippen molar-refractivity contribution in [2.75, 3.05) is 0 Å². The number of nitrogens with one attached hydrogen (secondary N) is 1. The SMILES string of the molecule is CCn1cc(CN[C@H]2c3cccc(F)c3CC[C@H]2C)cn1. The minimum absolute atomic E-state index is 0.0648. The molecule has 1 aliphatic rings. The van der Waals surface area contributed by atoms with Crippen LogP contribution in [0.15, 0.2) is 30.6 Å². The van der Waals surface area contributed by atoms with Gasteiger partial charge in [-0.05, 0) is 42.9 Å². The lowest BCUT2D eigenvalue weighted by Gasteiger charge is -2.32. The van der Waals surface area contributed by atoms with Gasteiger partial charge in [-0.2, -0.15) is 5.10 Å². The largest absolute Gasteiger partial charge is 0.305 e. The van der Waals surface area contributed by atoms with E-state index in [1.165, 1.54) is 5.56 Å². The molecule has 0 radical (unpaired) electrons. The molecule has 1 heterocycles. The Morgan fingerprint density at radius 1 is 1.43 bits per heavy atom. The maximum Gasteiger partial charge on any atom is 0.126 e. The Kier molecular flexibility index (Phi) is 4.06. The lowest BCUT2D eigenvalue weighted by Crippen LogP contribution is -2.31. The minimum Gasteiger partial charge on any atom is -0.305 e. The van der Waals surface area contributed by atoms with Gasteiger partial charge in [0.1, 0.15) is 5.82 Å². The lowest BCUT2D eigenvalue weighted by molar-refractivity contribution is 0.338. The van der Waals surface area contributed by atoms with Crippen molar-refractivity contribution in [1.82, 2.24) is 15.1 Å². The number of hydrogen-bond acceptors (Lipinski definition) is 2. The molecule has 1 aromatic carbocycles. The van der Waals surface area contributed by atoms with Crippen LogP contribution in [0.4, 0.5) is 4.39 Å². The topological polar surface area (TPSA) is 29.9 Å². The molecular weight excluding hydrogens is 265 g/mol. The maximum absolute atomic E-state index is 13.9. The maximum atomic E-state index is 13.9. The first-order valence-electron chi connectivity index (χ1n) is 7.71. The molecule has 3 rings (SSSR count). The molecule has 1 aromatic heterocycles. The molecule has 0 saturated heterocycles. The van der Waals surface area contributed by atoms with Crippen LogP contribution < -0.4 is 5.32 Å². The summed E-state index contributed by atoms with van der Waals surface area (Å²) < 4.78 is 15.9. The van der Waals surface area contributed by atoms with Gasteiger partial charge >= 0.3 is 0 Å². The third-order valence-electron chi connectivity index (χ3n) is 4.45. The summed E-state index contributed by atoms with van der Waals surface area (Å²) in [6, 6.07) is 5.66. The Hall–Kier alpha value is -1.68. The molecule has 21 heavy (non-hydrogen) atoms. The van der Waals surface area contributed by atoms with E-state index < -0.39 is 0 Å². The molecule has 112 valence electrons. The lowest BCUT2D eigenvalue weighted by atomic mass is 9.80. The van der Waals surface area contributed by atoms with Crippen LogP contribution in [0.25, 0.3) is 0 Å². The number of nitrogens with zero attached hydrogens (tertiary/aromatic N) is 2. The van der Waals surface area contributed by atoms with Gasteiger partial charge < -0.3 is 5.32 Å². The van der Waals surface area contributed by atoms with Crippen molar-refractivity contribution in [3.63, 3.8) is 0 Å². The zero-order chi connectivity index (χ0) is 14.8. The van der Waals surface area contributed by atoms with Crippen LogP contribution in [0.5, 0.6) is 0 Å².